The largest absolute Gasteiger partial charge is 0.462 e. The summed E-state index contributed by atoms with van der Waals surface area (Å²) in [5, 5.41) is 30.4. The second-order valence-electron chi connectivity index (χ2n) is 22.6. The average Bonchev–Trinajstić information content (AvgIpc) is 4.14. The van der Waals surface area contributed by atoms with Crippen molar-refractivity contribution in [3.63, 3.8) is 0 Å². The molecule has 3 rings (SSSR count). The number of nitrogens with one attached hydrogen (secondary N) is 4. The second-order valence-corrected chi connectivity index (χ2v) is 22.6. The van der Waals surface area contributed by atoms with Crippen LogP contribution in [-0.4, -0.2) is 219 Å². The number of aliphatic hydroxyl groups is 2. The monoisotopic (exact) mass is 1150 g/mol. The van der Waals surface area contributed by atoms with Gasteiger partial charge in [-0.3, -0.25) is 33.7 Å². The van der Waals surface area contributed by atoms with Gasteiger partial charge in [0.25, 0.3) is 0 Å². The number of methoxy groups -OCH3 is 2. The van der Waals surface area contributed by atoms with Crippen molar-refractivity contribution in [3.8, 4) is 0 Å². The molecule has 2 aliphatic rings. The molecule has 0 aliphatic carbocycles. The lowest BCUT2D eigenvalue weighted by atomic mass is 9.89. The van der Waals surface area contributed by atoms with Crippen LogP contribution >= 0.6 is 0 Å². The van der Waals surface area contributed by atoms with Crippen LogP contribution in [0.5, 0.6) is 0 Å². The molecular weight excluding hydrogens is 1050 g/mol. The van der Waals surface area contributed by atoms with Gasteiger partial charge in [-0.25, -0.2) is 9.59 Å². The number of esters is 1. The molecule has 0 radical (unpaired) electrons. The standard InChI is InChI=1S/C58H98N8O15/c1-15-37(7)51(64(12)56(74)49(35(3)4)62-55(73)50(36(5)6)63(10)11)45(77-13)31-47(69)65-28-20-24-43(65)52(78-14)39(9)53(71)61-42(30-40-22-18-17-19-23-40)54(72)60-38(8)33-79-57(75)44-25-21-29-66(44)46(68)26-27-59-58(76)80-34-48(70)81-41(16-2)32-67/h17-19,22-23,35-39,41-45,48-52,67,70H,15-16,20-21,24-34H2,1-14H3,(H,59,76)(H,60,72)(H,61,71)(H,62,73)/t37-,38?,39+,41?,42-,43-,44-,45+,48?,49-,50-,51-,52+/m0/s1. The maximum atomic E-state index is 14.5. The highest BCUT2D eigenvalue weighted by Crippen LogP contribution is 2.30. The molecule has 7 amide bonds. The van der Waals surface area contributed by atoms with Crippen LogP contribution < -0.4 is 21.3 Å². The number of ether oxygens (including phenoxy) is 5. The van der Waals surface area contributed by atoms with Crippen LogP contribution in [0.3, 0.4) is 0 Å². The van der Waals surface area contributed by atoms with Gasteiger partial charge >= 0.3 is 12.1 Å². The number of amides is 7. The molecule has 6 N–H and O–H groups in total. The Kier molecular flexibility index (Phi) is 30.0. The Morgan fingerprint density at radius 2 is 1.41 bits per heavy atom. The van der Waals surface area contributed by atoms with E-state index in [-0.39, 0.29) is 74.5 Å². The molecule has 13 atom stereocenters. The Morgan fingerprint density at radius 3 is 1.99 bits per heavy atom. The van der Waals surface area contributed by atoms with Crippen LogP contribution in [0.15, 0.2) is 30.3 Å². The van der Waals surface area contributed by atoms with Gasteiger partial charge in [0.05, 0.1) is 61.4 Å². The van der Waals surface area contributed by atoms with E-state index in [1.165, 1.54) is 19.1 Å². The van der Waals surface area contributed by atoms with Gasteiger partial charge in [-0.05, 0) is 76.4 Å². The predicted molar refractivity (Wildman–Crippen MR) is 303 cm³/mol. The number of nitrogens with zero attached hydrogens (tertiary/aromatic N) is 4. The van der Waals surface area contributed by atoms with Gasteiger partial charge in [-0.15, -0.1) is 0 Å². The second kappa shape index (κ2) is 34.9. The maximum absolute atomic E-state index is 14.5. The van der Waals surface area contributed by atoms with Crippen LogP contribution in [0.25, 0.3) is 0 Å². The fraction of sp³-hybridized carbons (Fsp3) is 0.759. The predicted octanol–water partition coefficient (Wildman–Crippen LogP) is 2.62. The molecule has 0 saturated carbocycles. The number of benzene rings is 1. The molecule has 81 heavy (non-hydrogen) atoms. The molecule has 2 heterocycles. The van der Waals surface area contributed by atoms with E-state index < -0.39 is 109 Å². The van der Waals surface area contributed by atoms with Crippen LogP contribution in [0.2, 0.25) is 0 Å². The Hall–Kier alpha value is -5.46. The SMILES string of the molecule is CCC(CO)OC(O)COC(=O)NCCC(=O)N1CCC[C@H]1C(=O)OCC(C)NC(=O)[C@H](Cc1ccccc1)NC(=O)[C@H](C)[C@@H](OC)[C@@H]1CCCN1C(=O)C[C@@H](OC)[C@H]([C@@H](C)CC)N(C)C(=O)[C@@H](NC(=O)[C@H](C(C)C)N(C)C)C(C)C. The molecule has 2 aliphatic heterocycles. The summed E-state index contributed by atoms with van der Waals surface area (Å²) in [6.07, 6.45) is -1.28. The van der Waals surface area contributed by atoms with Gasteiger partial charge in [-0.1, -0.05) is 92.1 Å². The zero-order valence-electron chi connectivity index (χ0n) is 50.6. The number of carbonyl (C=O) groups excluding carboxylic acids is 8. The van der Waals surface area contributed by atoms with E-state index >= 15 is 0 Å². The first kappa shape index (κ1) is 69.8. The number of hydrogen-bond acceptors (Lipinski definition) is 16. The summed E-state index contributed by atoms with van der Waals surface area (Å²) >= 11 is 0. The molecule has 0 aromatic heterocycles. The minimum atomic E-state index is -1.44. The first-order valence-corrected chi connectivity index (χ1v) is 28.9. The molecule has 1 aromatic carbocycles. The van der Waals surface area contributed by atoms with Crippen molar-refractivity contribution >= 4 is 47.5 Å². The van der Waals surface area contributed by atoms with Crippen molar-refractivity contribution in [1.82, 2.24) is 40.9 Å². The quantitative estimate of drug-likeness (QED) is 0.0427. The number of likely N-dealkylation sites (N-methyl/N-ethyl adjacent to an activating group) is 2. The zero-order chi connectivity index (χ0) is 60.7. The van der Waals surface area contributed by atoms with Crippen molar-refractivity contribution in [2.24, 2.45) is 23.7 Å². The van der Waals surface area contributed by atoms with E-state index in [1.807, 2.05) is 90.9 Å². The Labute approximate surface area is 480 Å². The van der Waals surface area contributed by atoms with E-state index in [2.05, 4.69) is 21.3 Å². The van der Waals surface area contributed by atoms with Crippen molar-refractivity contribution in [3.05, 3.63) is 35.9 Å². The fourth-order valence-electron chi connectivity index (χ4n) is 10.9. The summed E-state index contributed by atoms with van der Waals surface area (Å²) in [6, 6.07) is 4.20. The molecule has 3 unspecified atom stereocenters. The van der Waals surface area contributed by atoms with Gasteiger partial charge < -0.3 is 69.9 Å². The summed E-state index contributed by atoms with van der Waals surface area (Å²) in [4.78, 5) is 116. The van der Waals surface area contributed by atoms with Crippen LogP contribution in [-0.2, 0) is 63.7 Å². The Balaban J connectivity index is 1.68. The van der Waals surface area contributed by atoms with E-state index in [0.717, 1.165) is 5.56 Å². The summed E-state index contributed by atoms with van der Waals surface area (Å²) < 4.78 is 27.8. The molecule has 2 fully saturated rings. The summed E-state index contributed by atoms with van der Waals surface area (Å²) in [6.45, 7) is 16.4. The van der Waals surface area contributed by atoms with Crippen molar-refractivity contribution < 1.29 is 72.3 Å². The third-order valence-corrected chi connectivity index (χ3v) is 15.5. The highest BCUT2D eigenvalue weighted by atomic mass is 16.6. The number of rotatable bonds is 34. The van der Waals surface area contributed by atoms with Gasteiger partial charge in [0.1, 0.15) is 31.3 Å². The minimum Gasteiger partial charge on any atom is -0.462 e. The van der Waals surface area contributed by atoms with Gasteiger partial charge in [0.15, 0.2) is 6.29 Å². The number of alkyl carbamates (subject to hydrolysis) is 1. The van der Waals surface area contributed by atoms with Crippen molar-refractivity contribution in [2.45, 2.75) is 187 Å². The minimum absolute atomic E-state index is 0.000110. The van der Waals surface area contributed by atoms with Crippen LogP contribution in [0.4, 0.5) is 4.79 Å². The van der Waals surface area contributed by atoms with Crippen molar-refractivity contribution in [2.75, 3.05) is 74.8 Å². The lowest BCUT2D eigenvalue weighted by Crippen LogP contribution is -2.59. The molecule has 1 aromatic rings. The number of likely N-dealkylation sites (tertiary alicyclic amines) is 2. The lowest BCUT2D eigenvalue weighted by molar-refractivity contribution is -0.165. The highest BCUT2D eigenvalue weighted by molar-refractivity contribution is 5.91. The topological polar surface area (TPSA) is 284 Å². The normalized spacial score (nSPS) is 19.5. The van der Waals surface area contributed by atoms with E-state index in [1.54, 1.807) is 37.6 Å². The maximum Gasteiger partial charge on any atom is 0.407 e. The average molecular weight is 1150 g/mol. The molecule has 0 spiro atoms. The Bertz CT molecular complexity index is 2140. The molecule has 23 nitrogen and oxygen atoms in total. The first-order valence-electron chi connectivity index (χ1n) is 28.9. The van der Waals surface area contributed by atoms with Crippen molar-refractivity contribution in [1.29, 1.82) is 0 Å². The molecular formula is C58H98N8O15. The third-order valence-electron chi connectivity index (χ3n) is 15.5. The number of carbonyl (C=O) groups is 8. The highest BCUT2D eigenvalue weighted by Gasteiger charge is 2.44. The summed E-state index contributed by atoms with van der Waals surface area (Å²) in [7, 11) is 8.38. The van der Waals surface area contributed by atoms with E-state index in [9.17, 15) is 48.6 Å². The first-order chi connectivity index (χ1) is 38.3. The van der Waals surface area contributed by atoms with Gasteiger partial charge in [0.2, 0.25) is 35.4 Å². The molecule has 23 heteroatoms. The van der Waals surface area contributed by atoms with Gasteiger partial charge in [-0.2, -0.15) is 0 Å². The lowest BCUT2D eigenvalue weighted by Gasteiger charge is -2.41. The molecule has 2 saturated heterocycles. The van der Waals surface area contributed by atoms with E-state index in [0.29, 0.717) is 51.6 Å². The zero-order valence-corrected chi connectivity index (χ0v) is 50.6. The van der Waals surface area contributed by atoms with Gasteiger partial charge in [0, 0.05) is 53.7 Å². The molecule has 0 bridgehead atoms. The summed E-state index contributed by atoms with van der Waals surface area (Å²) in [5.74, 6) is -3.98. The fourth-order valence-corrected chi connectivity index (χ4v) is 10.9. The van der Waals surface area contributed by atoms with Crippen LogP contribution in [0, 0.1) is 23.7 Å². The summed E-state index contributed by atoms with van der Waals surface area (Å²) in [5.41, 5.74) is 0.774. The Morgan fingerprint density at radius 1 is 0.753 bits per heavy atom. The molecule has 460 valence electrons. The van der Waals surface area contributed by atoms with Crippen LogP contribution in [0.1, 0.15) is 119 Å². The number of hydrogen-bond donors (Lipinski definition) is 6. The number of aliphatic hydroxyl groups excluding tert-OH is 2. The smallest absolute Gasteiger partial charge is 0.407 e. The third kappa shape index (κ3) is 21.0. The van der Waals surface area contributed by atoms with E-state index in [4.69, 9.17) is 23.7 Å².